The van der Waals surface area contributed by atoms with E-state index in [1.165, 1.54) is 16.8 Å². The lowest BCUT2D eigenvalue weighted by molar-refractivity contribution is 0.414. The lowest BCUT2D eigenvalue weighted by Crippen LogP contribution is -2.07. The Morgan fingerprint density at radius 3 is 2.53 bits per heavy atom. The second kappa shape index (κ2) is 7.17. The summed E-state index contributed by atoms with van der Waals surface area (Å²) in [5.41, 5.74) is 10.1. The van der Waals surface area contributed by atoms with E-state index in [9.17, 15) is 0 Å². The van der Waals surface area contributed by atoms with Crippen LogP contribution in [0.5, 0.6) is 5.75 Å². The average molecular weight is 399 g/mol. The molecule has 2 aromatic carbocycles. The third kappa shape index (κ3) is 3.02. The smallest absolute Gasteiger partial charge is 0.165 e. The van der Waals surface area contributed by atoms with Crippen molar-refractivity contribution < 1.29 is 4.74 Å². The predicted molar refractivity (Wildman–Crippen MR) is 121 cm³/mol. The van der Waals surface area contributed by atoms with E-state index in [1.807, 2.05) is 10.6 Å². The van der Waals surface area contributed by atoms with Gasteiger partial charge in [-0.1, -0.05) is 23.8 Å². The van der Waals surface area contributed by atoms with Crippen LogP contribution in [0.4, 0.5) is 11.5 Å². The van der Waals surface area contributed by atoms with Gasteiger partial charge in [0.15, 0.2) is 5.65 Å². The number of aryl methyl sites for hydroxylation is 4. The molecule has 1 N–H and O–H groups in total. The summed E-state index contributed by atoms with van der Waals surface area (Å²) in [5, 5.41) is 8.56. The lowest BCUT2D eigenvalue weighted by Gasteiger charge is -2.14. The van der Waals surface area contributed by atoms with Crippen molar-refractivity contribution in [2.45, 2.75) is 40.0 Å². The van der Waals surface area contributed by atoms with Gasteiger partial charge in [-0.2, -0.15) is 9.61 Å². The molecule has 5 rings (SSSR count). The molecule has 0 amide bonds. The molecule has 0 saturated carbocycles. The molecule has 0 aliphatic heterocycles. The number of hydrogen-bond acceptors (Lipinski definition) is 4. The van der Waals surface area contributed by atoms with E-state index in [-0.39, 0.29) is 0 Å². The molecular formula is C25H26N4O. The molecule has 5 heteroatoms. The lowest BCUT2D eigenvalue weighted by atomic mass is 10.0. The van der Waals surface area contributed by atoms with Crippen LogP contribution in [0.25, 0.3) is 16.8 Å². The van der Waals surface area contributed by atoms with Crippen molar-refractivity contribution in [2.75, 3.05) is 12.4 Å². The minimum absolute atomic E-state index is 0.862. The minimum atomic E-state index is 0.862. The highest BCUT2D eigenvalue weighted by Crippen LogP contribution is 2.37. The van der Waals surface area contributed by atoms with Gasteiger partial charge in [0.1, 0.15) is 11.6 Å². The molecule has 0 saturated heterocycles. The van der Waals surface area contributed by atoms with E-state index in [0.29, 0.717) is 0 Å². The summed E-state index contributed by atoms with van der Waals surface area (Å²) < 4.78 is 7.39. The number of hydrogen-bond donors (Lipinski definition) is 1. The quantitative estimate of drug-likeness (QED) is 0.489. The Morgan fingerprint density at radius 1 is 1.00 bits per heavy atom. The van der Waals surface area contributed by atoms with E-state index >= 15 is 0 Å². The first-order valence-corrected chi connectivity index (χ1v) is 10.4. The van der Waals surface area contributed by atoms with Crippen LogP contribution in [-0.2, 0) is 12.8 Å². The standard InChI is InChI=1S/C25H26N4O/c1-15-8-10-18(11-9-15)26-24-21-6-5-7-22(21)27-25-23(17(3)28-29(24)25)20-13-12-19(30-4)14-16(20)2/h8-14,26H,5-7H2,1-4H3. The highest BCUT2D eigenvalue weighted by atomic mass is 16.5. The maximum atomic E-state index is 5.39. The summed E-state index contributed by atoms with van der Waals surface area (Å²) in [4.78, 5) is 5.08. The largest absolute Gasteiger partial charge is 0.497 e. The van der Waals surface area contributed by atoms with Gasteiger partial charge in [-0.25, -0.2) is 4.98 Å². The fourth-order valence-corrected chi connectivity index (χ4v) is 4.40. The zero-order valence-electron chi connectivity index (χ0n) is 17.9. The Balaban J connectivity index is 1.72. The van der Waals surface area contributed by atoms with Gasteiger partial charge in [-0.05, 0) is 75.4 Å². The predicted octanol–water partition coefficient (Wildman–Crippen LogP) is 5.56. The average Bonchev–Trinajstić information content (AvgIpc) is 3.33. The zero-order chi connectivity index (χ0) is 20.8. The van der Waals surface area contributed by atoms with Crippen LogP contribution in [0.2, 0.25) is 0 Å². The van der Waals surface area contributed by atoms with E-state index < -0.39 is 0 Å². The summed E-state index contributed by atoms with van der Waals surface area (Å²) in [6.45, 7) is 6.28. The molecule has 152 valence electrons. The van der Waals surface area contributed by atoms with Gasteiger partial charge in [-0.3, -0.25) is 0 Å². The molecule has 30 heavy (non-hydrogen) atoms. The Bertz CT molecular complexity index is 1250. The van der Waals surface area contributed by atoms with Gasteiger partial charge >= 0.3 is 0 Å². The number of ether oxygens (including phenoxy) is 1. The van der Waals surface area contributed by atoms with Gasteiger partial charge < -0.3 is 10.1 Å². The van der Waals surface area contributed by atoms with Gasteiger partial charge in [0, 0.05) is 22.5 Å². The maximum absolute atomic E-state index is 5.39. The van der Waals surface area contributed by atoms with Gasteiger partial charge in [0.2, 0.25) is 0 Å². The van der Waals surface area contributed by atoms with Crippen LogP contribution in [0.15, 0.2) is 42.5 Å². The van der Waals surface area contributed by atoms with Crippen LogP contribution in [0, 0.1) is 20.8 Å². The Morgan fingerprint density at radius 2 is 1.80 bits per heavy atom. The summed E-state index contributed by atoms with van der Waals surface area (Å²) in [7, 11) is 1.70. The van der Waals surface area contributed by atoms with Crippen molar-refractivity contribution >= 4 is 17.2 Å². The van der Waals surface area contributed by atoms with E-state index in [2.05, 4.69) is 62.5 Å². The van der Waals surface area contributed by atoms with Gasteiger partial charge in [0.25, 0.3) is 0 Å². The highest BCUT2D eigenvalue weighted by molar-refractivity contribution is 5.84. The second-order valence-corrected chi connectivity index (χ2v) is 8.11. The number of benzene rings is 2. The van der Waals surface area contributed by atoms with Crippen molar-refractivity contribution in [3.8, 4) is 16.9 Å². The molecule has 0 radical (unpaired) electrons. The maximum Gasteiger partial charge on any atom is 0.165 e. The summed E-state index contributed by atoms with van der Waals surface area (Å²) in [5.74, 6) is 1.90. The van der Waals surface area contributed by atoms with Crippen LogP contribution in [-0.4, -0.2) is 21.7 Å². The van der Waals surface area contributed by atoms with E-state index in [4.69, 9.17) is 14.8 Å². The van der Waals surface area contributed by atoms with Crippen LogP contribution < -0.4 is 10.1 Å². The monoisotopic (exact) mass is 398 g/mol. The topological polar surface area (TPSA) is 51.5 Å². The number of methoxy groups -OCH3 is 1. The van der Waals surface area contributed by atoms with Crippen molar-refractivity contribution in [3.63, 3.8) is 0 Å². The highest BCUT2D eigenvalue weighted by Gasteiger charge is 2.24. The number of nitrogens with one attached hydrogen (secondary N) is 1. The minimum Gasteiger partial charge on any atom is -0.497 e. The third-order valence-electron chi connectivity index (χ3n) is 5.98. The van der Waals surface area contributed by atoms with Crippen molar-refractivity contribution in [2.24, 2.45) is 0 Å². The van der Waals surface area contributed by atoms with Crippen LogP contribution in [0.1, 0.15) is 34.5 Å². The molecule has 0 fully saturated rings. The van der Waals surface area contributed by atoms with Crippen molar-refractivity contribution in [3.05, 3.63) is 70.5 Å². The molecule has 0 bridgehead atoms. The summed E-state index contributed by atoms with van der Waals surface area (Å²) >= 11 is 0. The van der Waals surface area contributed by atoms with Crippen LogP contribution in [0.3, 0.4) is 0 Å². The van der Waals surface area contributed by atoms with Crippen LogP contribution >= 0.6 is 0 Å². The molecule has 0 atom stereocenters. The Kier molecular flexibility index (Phi) is 4.46. The first-order chi connectivity index (χ1) is 14.5. The number of aromatic nitrogens is 3. The number of fused-ring (bicyclic) bond motifs is 2. The third-order valence-corrected chi connectivity index (χ3v) is 5.98. The molecule has 5 nitrogen and oxygen atoms in total. The molecule has 1 aliphatic carbocycles. The van der Waals surface area contributed by atoms with E-state index in [1.54, 1.807) is 7.11 Å². The normalized spacial score (nSPS) is 12.9. The molecule has 4 aromatic rings. The fourth-order valence-electron chi connectivity index (χ4n) is 4.40. The molecule has 2 aromatic heterocycles. The summed E-state index contributed by atoms with van der Waals surface area (Å²) in [6, 6.07) is 14.7. The number of nitrogens with zero attached hydrogens (tertiary/aromatic N) is 3. The molecule has 1 aliphatic rings. The number of rotatable bonds is 4. The Hall–Kier alpha value is -3.34. The van der Waals surface area contributed by atoms with Crippen molar-refractivity contribution in [1.29, 1.82) is 0 Å². The molecule has 0 spiro atoms. The summed E-state index contributed by atoms with van der Waals surface area (Å²) in [6.07, 6.45) is 3.18. The zero-order valence-corrected chi connectivity index (χ0v) is 17.9. The molecule has 0 unspecified atom stereocenters. The number of anilines is 2. The Labute approximate surface area is 176 Å². The molecular weight excluding hydrogens is 372 g/mol. The SMILES string of the molecule is COc1ccc(-c2c(C)nn3c(Nc4ccc(C)cc4)c4c(nc23)CCC4)c(C)c1. The first kappa shape index (κ1) is 18.7. The first-order valence-electron chi connectivity index (χ1n) is 10.4. The second-order valence-electron chi connectivity index (χ2n) is 8.11. The van der Waals surface area contributed by atoms with Gasteiger partial charge in [0.05, 0.1) is 12.8 Å². The fraction of sp³-hybridized carbons (Fsp3) is 0.280. The van der Waals surface area contributed by atoms with Gasteiger partial charge in [-0.15, -0.1) is 0 Å². The van der Waals surface area contributed by atoms with E-state index in [0.717, 1.165) is 64.5 Å². The van der Waals surface area contributed by atoms with Crippen molar-refractivity contribution in [1.82, 2.24) is 14.6 Å². The molecule has 2 heterocycles.